The summed E-state index contributed by atoms with van der Waals surface area (Å²) in [5, 5.41) is 2.69. The van der Waals surface area contributed by atoms with E-state index in [1.54, 1.807) is 31.2 Å². The highest BCUT2D eigenvalue weighted by Gasteiger charge is 2.21. The molecule has 0 saturated carbocycles. The summed E-state index contributed by atoms with van der Waals surface area (Å²) in [5.41, 5.74) is 0.859. The summed E-state index contributed by atoms with van der Waals surface area (Å²) in [6.07, 6.45) is 1.02. The number of esters is 1. The highest BCUT2D eigenvalue weighted by atomic mass is 79.9. The molecule has 7 nitrogen and oxygen atoms in total. The molecule has 150 valence electrons. The van der Waals surface area contributed by atoms with E-state index in [0.717, 1.165) is 15.0 Å². The second-order valence-electron chi connectivity index (χ2n) is 5.71. The Labute approximate surface area is 176 Å². The Morgan fingerprint density at radius 1 is 1.18 bits per heavy atom. The van der Waals surface area contributed by atoms with Gasteiger partial charge in [-0.1, -0.05) is 27.5 Å². The number of rotatable bonds is 7. The molecule has 2 rings (SSSR count). The number of hydrogen-bond acceptors (Lipinski definition) is 5. The van der Waals surface area contributed by atoms with Crippen molar-refractivity contribution in [2.75, 3.05) is 29.0 Å². The maximum Gasteiger partial charge on any atom is 0.339 e. The molecule has 0 heterocycles. The van der Waals surface area contributed by atoms with Crippen molar-refractivity contribution in [3.05, 3.63) is 57.5 Å². The van der Waals surface area contributed by atoms with Crippen LogP contribution < -0.4 is 9.62 Å². The van der Waals surface area contributed by atoms with Crippen LogP contribution in [-0.2, 0) is 19.6 Å². The second-order valence-corrected chi connectivity index (χ2v) is 8.94. The summed E-state index contributed by atoms with van der Waals surface area (Å²) in [6.45, 7) is 1.47. The van der Waals surface area contributed by atoms with Gasteiger partial charge in [-0.25, -0.2) is 13.2 Å². The van der Waals surface area contributed by atoms with Crippen molar-refractivity contribution in [1.82, 2.24) is 0 Å². The Morgan fingerprint density at radius 2 is 1.82 bits per heavy atom. The van der Waals surface area contributed by atoms with Crippen LogP contribution in [0.15, 0.2) is 46.9 Å². The minimum atomic E-state index is -3.68. The Bertz CT molecular complexity index is 980. The van der Waals surface area contributed by atoms with E-state index >= 15 is 0 Å². The number of ether oxygens (including phenoxy) is 1. The van der Waals surface area contributed by atoms with Crippen LogP contribution in [0.25, 0.3) is 0 Å². The molecule has 0 aromatic heterocycles. The molecule has 2 aromatic carbocycles. The summed E-state index contributed by atoms with van der Waals surface area (Å²) >= 11 is 9.35. The molecule has 0 aliphatic heterocycles. The van der Waals surface area contributed by atoms with Gasteiger partial charge in [0.25, 0.3) is 0 Å². The topological polar surface area (TPSA) is 92.8 Å². The van der Waals surface area contributed by atoms with Gasteiger partial charge < -0.3 is 10.1 Å². The molecule has 0 saturated heterocycles. The standard InChI is InChI=1S/C18H18BrClN2O5S/c1-3-27-18(24)15-9-6-13(10-16(15)20)21-17(23)11-22(28(2,25)26)14-7-4-12(19)5-8-14/h4-10H,3,11H2,1-2H3,(H,21,23). The van der Waals surface area contributed by atoms with Gasteiger partial charge in [0.2, 0.25) is 15.9 Å². The molecule has 0 unspecified atom stereocenters. The predicted octanol–water partition coefficient (Wildman–Crippen LogP) is 3.68. The van der Waals surface area contributed by atoms with Crippen molar-refractivity contribution >= 4 is 60.8 Å². The van der Waals surface area contributed by atoms with Crippen molar-refractivity contribution in [3.63, 3.8) is 0 Å². The first-order valence-corrected chi connectivity index (χ1v) is 11.1. The van der Waals surface area contributed by atoms with E-state index in [-0.39, 0.29) is 17.2 Å². The van der Waals surface area contributed by atoms with Crippen LogP contribution in [0.4, 0.5) is 11.4 Å². The van der Waals surface area contributed by atoms with Crippen molar-refractivity contribution in [2.45, 2.75) is 6.92 Å². The molecule has 0 fully saturated rings. The quantitative estimate of drug-likeness (QED) is 0.599. The maximum atomic E-state index is 12.4. The Balaban J connectivity index is 2.16. The van der Waals surface area contributed by atoms with Gasteiger partial charge in [-0.15, -0.1) is 0 Å². The fourth-order valence-corrected chi connectivity index (χ4v) is 3.68. The molecule has 0 radical (unpaired) electrons. The SMILES string of the molecule is CCOC(=O)c1ccc(NC(=O)CN(c2ccc(Br)cc2)S(C)(=O)=O)cc1Cl. The van der Waals surface area contributed by atoms with Crippen molar-refractivity contribution in [2.24, 2.45) is 0 Å². The first-order valence-electron chi connectivity index (χ1n) is 8.11. The van der Waals surface area contributed by atoms with E-state index < -0.39 is 28.4 Å². The Kier molecular flexibility index (Phi) is 7.45. The molecular formula is C18H18BrClN2O5S. The number of halogens is 2. The van der Waals surface area contributed by atoms with Gasteiger partial charge in [0.1, 0.15) is 6.54 Å². The molecule has 0 aliphatic carbocycles. The van der Waals surface area contributed by atoms with Gasteiger partial charge in [0.05, 0.1) is 29.1 Å². The number of anilines is 2. The molecule has 1 amide bonds. The third kappa shape index (κ3) is 5.95. The van der Waals surface area contributed by atoms with Crippen LogP contribution in [0.2, 0.25) is 5.02 Å². The number of benzene rings is 2. The average molecular weight is 490 g/mol. The van der Waals surface area contributed by atoms with Gasteiger partial charge >= 0.3 is 5.97 Å². The van der Waals surface area contributed by atoms with Crippen LogP contribution in [-0.4, -0.2) is 39.7 Å². The predicted molar refractivity (Wildman–Crippen MR) is 112 cm³/mol. The normalized spacial score (nSPS) is 11.0. The van der Waals surface area contributed by atoms with Gasteiger partial charge in [0, 0.05) is 10.2 Å². The van der Waals surface area contributed by atoms with E-state index in [1.165, 1.54) is 18.2 Å². The molecule has 0 atom stereocenters. The first-order chi connectivity index (χ1) is 13.1. The zero-order chi connectivity index (χ0) is 20.9. The number of nitrogens with zero attached hydrogens (tertiary/aromatic N) is 1. The summed E-state index contributed by atoms with van der Waals surface area (Å²) in [4.78, 5) is 24.1. The molecule has 28 heavy (non-hydrogen) atoms. The number of nitrogens with one attached hydrogen (secondary N) is 1. The third-order valence-corrected chi connectivity index (χ3v) is 5.53. The number of hydrogen-bond donors (Lipinski definition) is 1. The average Bonchev–Trinajstić information content (AvgIpc) is 2.60. The number of sulfonamides is 1. The number of carbonyl (C=O) groups is 2. The molecule has 0 bridgehead atoms. The largest absolute Gasteiger partial charge is 0.462 e. The van der Waals surface area contributed by atoms with E-state index in [0.29, 0.717) is 11.4 Å². The third-order valence-electron chi connectivity index (χ3n) is 3.55. The monoisotopic (exact) mass is 488 g/mol. The summed E-state index contributed by atoms with van der Waals surface area (Å²) in [5.74, 6) is -1.13. The maximum absolute atomic E-state index is 12.4. The van der Waals surface area contributed by atoms with E-state index in [2.05, 4.69) is 21.2 Å². The molecule has 2 aromatic rings. The van der Waals surface area contributed by atoms with Gasteiger partial charge in [0.15, 0.2) is 0 Å². The lowest BCUT2D eigenvalue weighted by atomic mass is 10.2. The molecule has 10 heteroatoms. The number of amides is 1. The van der Waals surface area contributed by atoms with Crippen LogP contribution >= 0.6 is 27.5 Å². The van der Waals surface area contributed by atoms with E-state index in [4.69, 9.17) is 16.3 Å². The Morgan fingerprint density at radius 3 is 2.36 bits per heavy atom. The summed E-state index contributed by atoms with van der Waals surface area (Å²) in [6, 6.07) is 10.8. The van der Waals surface area contributed by atoms with Gasteiger partial charge in [-0.3, -0.25) is 9.10 Å². The van der Waals surface area contributed by atoms with Crippen LogP contribution in [0.1, 0.15) is 17.3 Å². The minimum Gasteiger partial charge on any atom is -0.462 e. The van der Waals surface area contributed by atoms with Crippen LogP contribution in [0, 0.1) is 0 Å². The molecule has 1 N–H and O–H groups in total. The second kappa shape index (κ2) is 9.40. The lowest BCUT2D eigenvalue weighted by Gasteiger charge is -2.22. The highest BCUT2D eigenvalue weighted by molar-refractivity contribution is 9.10. The molecule has 0 aliphatic rings. The van der Waals surface area contributed by atoms with Crippen LogP contribution in [0.3, 0.4) is 0 Å². The summed E-state index contributed by atoms with van der Waals surface area (Å²) < 4.78 is 30.9. The zero-order valence-electron chi connectivity index (χ0n) is 15.1. The van der Waals surface area contributed by atoms with Crippen molar-refractivity contribution < 1.29 is 22.7 Å². The minimum absolute atomic E-state index is 0.115. The van der Waals surface area contributed by atoms with E-state index in [1.807, 2.05) is 0 Å². The van der Waals surface area contributed by atoms with Gasteiger partial charge in [-0.2, -0.15) is 0 Å². The first kappa shape index (κ1) is 22.2. The van der Waals surface area contributed by atoms with Crippen molar-refractivity contribution in [3.8, 4) is 0 Å². The lowest BCUT2D eigenvalue weighted by molar-refractivity contribution is -0.114. The highest BCUT2D eigenvalue weighted by Crippen LogP contribution is 2.23. The zero-order valence-corrected chi connectivity index (χ0v) is 18.3. The smallest absolute Gasteiger partial charge is 0.339 e. The molecule has 0 spiro atoms. The van der Waals surface area contributed by atoms with Crippen molar-refractivity contribution in [1.29, 1.82) is 0 Å². The molecular weight excluding hydrogens is 472 g/mol. The van der Waals surface area contributed by atoms with Crippen LogP contribution in [0.5, 0.6) is 0 Å². The number of carbonyl (C=O) groups excluding carboxylic acids is 2. The fourth-order valence-electron chi connectivity index (χ4n) is 2.31. The Hall–Kier alpha value is -2.10. The fraction of sp³-hybridized carbons (Fsp3) is 0.222. The van der Waals surface area contributed by atoms with E-state index in [9.17, 15) is 18.0 Å². The van der Waals surface area contributed by atoms with Gasteiger partial charge in [-0.05, 0) is 49.4 Å². The lowest BCUT2D eigenvalue weighted by Crippen LogP contribution is -2.37. The summed E-state index contributed by atoms with van der Waals surface area (Å²) in [7, 11) is -3.68.